The first-order chi connectivity index (χ1) is 22.8. The number of rotatable bonds is 9. The number of benzene rings is 2. The van der Waals surface area contributed by atoms with E-state index in [1.807, 2.05) is 91.2 Å². The van der Waals surface area contributed by atoms with Crippen molar-refractivity contribution >= 4 is 17.7 Å². The molecular weight excluding hydrogens is 590 g/mol. The number of aryl methyl sites for hydroxylation is 1. The monoisotopic (exact) mass is 629 g/mol. The van der Waals surface area contributed by atoms with Crippen LogP contribution in [-0.4, -0.2) is 48.5 Å². The van der Waals surface area contributed by atoms with Crippen molar-refractivity contribution in [2.75, 3.05) is 18.4 Å². The Morgan fingerprint density at radius 1 is 1.09 bits per heavy atom. The molecule has 2 atom stereocenters. The zero-order valence-corrected chi connectivity index (χ0v) is 26.9. The Kier molecular flexibility index (Phi) is 9.18. The second-order valence-corrected chi connectivity index (χ2v) is 12.2. The first-order valence-electron chi connectivity index (χ1n) is 16.1. The van der Waals surface area contributed by atoms with Gasteiger partial charge in [-0.25, -0.2) is 19.7 Å². The molecule has 0 radical (unpaired) electrons. The predicted molar refractivity (Wildman–Crippen MR) is 179 cm³/mol. The van der Waals surface area contributed by atoms with Crippen LogP contribution in [0.15, 0.2) is 85.3 Å². The lowest BCUT2D eigenvalue weighted by atomic mass is 9.77. The second kappa shape index (κ2) is 13.6. The molecule has 10 heteroatoms. The number of ether oxygens (including phenoxy) is 1. The van der Waals surface area contributed by atoms with E-state index in [4.69, 9.17) is 9.72 Å². The summed E-state index contributed by atoms with van der Waals surface area (Å²) < 4.78 is 7.46. The highest BCUT2D eigenvalue weighted by atomic mass is 16.6. The van der Waals surface area contributed by atoms with Gasteiger partial charge in [-0.1, -0.05) is 67.6 Å². The van der Waals surface area contributed by atoms with Gasteiger partial charge in [0.25, 0.3) is 0 Å². The maximum Gasteiger partial charge on any atom is 0.410 e. The highest BCUT2D eigenvalue weighted by Crippen LogP contribution is 2.37. The third kappa shape index (κ3) is 6.67. The van der Waals surface area contributed by atoms with Gasteiger partial charge in [-0.05, 0) is 67.3 Å². The predicted octanol–water partition coefficient (Wildman–Crippen LogP) is 6.65. The van der Waals surface area contributed by atoms with E-state index < -0.39 is 5.60 Å². The van der Waals surface area contributed by atoms with Crippen molar-refractivity contribution in [3.63, 3.8) is 0 Å². The first-order valence-corrected chi connectivity index (χ1v) is 16.1. The first kappa shape index (κ1) is 31.7. The maximum absolute atomic E-state index is 12.6. The van der Waals surface area contributed by atoms with E-state index in [1.54, 1.807) is 11.1 Å². The Morgan fingerprint density at radius 2 is 1.83 bits per heavy atom. The second-order valence-electron chi connectivity index (χ2n) is 12.2. The number of pyridine rings is 1. The van der Waals surface area contributed by atoms with Gasteiger partial charge in [-0.2, -0.15) is 5.26 Å². The third-order valence-corrected chi connectivity index (χ3v) is 9.24. The lowest BCUT2D eigenvalue weighted by molar-refractivity contribution is -0.0328. The van der Waals surface area contributed by atoms with E-state index in [0.717, 1.165) is 40.0 Å². The smallest absolute Gasteiger partial charge is 0.410 e. The molecule has 10 nitrogen and oxygen atoms in total. The molecule has 47 heavy (non-hydrogen) atoms. The molecule has 2 aromatic carbocycles. The van der Waals surface area contributed by atoms with Gasteiger partial charge in [0.1, 0.15) is 24.0 Å². The lowest BCUT2D eigenvalue weighted by Crippen LogP contribution is -2.44. The summed E-state index contributed by atoms with van der Waals surface area (Å²) in [5, 5.41) is 24.8. The number of anilines is 1. The van der Waals surface area contributed by atoms with Gasteiger partial charge in [-0.15, -0.1) is 0 Å². The molecule has 4 heterocycles. The molecule has 0 spiro atoms. The standard InChI is InChI=1S/C37H39N7O3/c1-4-27-11-8-18-44-32(23-39-34(27)44)33-29(21-38)22-40-35(42-33)41-25(2)28-12-14-30(15-13-28)37(3,46)31-16-19-43(20-17-31)36(45)47-24-26-9-6-5-7-10-26/h5-15,18,22-23,25,31,46H,4,16-17,19-20,24H2,1-3H3,(H,40,41,42)/t25-,37?/m0/s1. The topological polar surface area (TPSA) is 129 Å². The van der Waals surface area contributed by atoms with Crippen LogP contribution in [0.25, 0.3) is 17.0 Å². The van der Waals surface area contributed by atoms with Gasteiger partial charge in [0.05, 0.1) is 35.3 Å². The highest BCUT2D eigenvalue weighted by molar-refractivity contribution is 5.69. The minimum absolute atomic E-state index is 0.000532. The van der Waals surface area contributed by atoms with Crippen molar-refractivity contribution in [3.05, 3.63) is 113 Å². The molecule has 1 fully saturated rings. The Balaban J connectivity index is 1.09. The minimum atomic E-state index is -1.05. The number of amides is 1. The number of hydrogen-bond acceptors (Lipinski definition) is 8. The molecule has 0 bridgehead atoms. The molecule has 3 aromatic heterocycles. The molecule has 1 unspecified atom stereocenters. The van der Waals surface area contributed by atoms with Crippen LogP contribution in [0.2, 0.25) is 0 Å². The summed E-state index contributed by atoms with van der Waals surface area (Å²) in [6, 6.07) is 23.6. The number of nitrogens with one attached hydrogen (secondary N) is 1. The lowest BCUT2D eigenvalue weighted by Gasteiger charge is -2.39. The number of carbonyl (C=O) groups excluding carboxylic acids is 1. The number of aliphatic hydroxyl groups is 1. The van der Waals surface area contributed by atoms with Crippen LogP contribution in [0.5, 0.6) is 0 Å². The summed E-state index contributed by atoms with van der Waals surface area (Å²) >= 11 is 0. The minimum Gasteiger partial charge on any atom is -0.445 e. The van der Waals surface area contributed by atoms with E-state index in [-0.39, 0.29) is 24.7 Å². The number of piperidine rings is 1. The SMILES string of the molecule is CCc1cccn2c(-c3nc(N[C@@H](C)c4ccc(C(C)(O)C5CCN(C(=O)OCc6ccccc6)CC5)cc4)ncc3C#N)cnc12. The maximum atomic E-state index is 12.6. The van der Waals surface area contributed by atoms with Crippen LogP contribution in [0.1, 0.15) is 67.5 Å². The highest BCUT2D eigenvalue weighted by Gasteiger charge is 2.37. The van der Waals surface area contributed by atoms with E-state index >= 15 is 0 Å². The molecular formula is C37H39N7O3. The summed E-state index contributed by atoms with van der Waals surface area (Å²) in [4.78, 5) is 28.1. The van der Waals surface area contributed by atoms with Gasteiger partial charge in [0.2, 0.25) is 5.95 Å². The summed E-state index contributed by atoms with van der Waals surface area (Å²) in [6.07, 6.45) is 7.10. The summed E-state index contributed by atoms with van der Waals surface area (Å²) in [6.45, 7) is 7.28. The Morgan fingerprint density at radius 3 is 2.53 bits per heavy atom. The number of likely N-dealkylation sites (tertiary alicyclic amines) is 1. The number of aromatic nitrogens is 4. The fourth-order valence-corrected chi connectivity index (χ4v) is 6.31. The molecule has 240 valence electrons. The van der Waals surface area contributed by atoms with Crippen LogP contribution in [0, 0.1) is 17.2 Å². The molecule has 1 saturated heterocycles. The van der Waals surface area contributed by atoms with Gasteiger partial charge >= 0.3 is 6.09 Å². The van der Waals surface area contributed by atoms with Crippen molar-refractivity contribution < 1.29 is 14.6 Å². The molecule has 0 saturated carbocycles. The normalized spacial score (nSPS) is 15.5. The number of nitrogens with zero attached hydrogens (tertiary/aromatic N) is 6. The average molecular weight is 630 g/mol. The van der Waals surface area contributed by atoms with Crippen LogP contribution in [0.4, 0.5) is 10.7 Å². The molecule has 2 N–H and O–H groups in total. The number of carbonyl (C=O) groups is 1. The molecule has 1 aliphatic rings. The molecule has 5 aromatic rings. The van der Waals surface area contributed by atoms with E-state index in [0.29, 0.717) is 43.1 Å². The number of imidazole rings is 1. The zero-order chi connectivity index (χ0) is 33.0. The van der Waals surface area contributed by atoms with Gasteiger partial charge in [0, 0.05) is 19.3 Å². The summed E-state index contributed by atoms with van der Waals surface area (Å²) in [5.74, 6) is 0.402. The molecule has 0 aliphatic carbocycles. The zero-order valence-electron chi connectivity index (χ0n) is 26.9. The fourth-order valence-electron chi connectivity index (χ4n) is 6.31. The van der Waals surface area contributed by atoms with E-state index in [9.17, 15) is 15.2 Å². The van der Waals surface area contributed by atoms with Crippen LogP contribution >= 0.6 is 0 Å². The van der Waals surface area contributed by atoms with E-state index in [2.05, 4.69) is 28.3 Å². The number of nitriles is 1. The quantitative estimate of drug-likeness (QED) is 0.185. The summed E-state index contributed by atoms with van der Waals surface area (Å²) in [7, 11) is 0. The number of hydrogen-bond donors (Lipinski definition) is 2. The van der Waals surface area contributed by atoms with Gasteiger partial charge in [-0.3, -0.25) is 4.40 Å². The third-order valence-electron chi connectivity index (χ3n) is 9.24. The molecule has 1 aliphatic heterocycles. The van der Waals surface area contributed by atoms with E-state index in [1.165, 1.54) is 6.20 Å². The van der Waals surface area contributed by atoms with Crippen LogP contribution in [0.3, 0.4) is 0 Å². The average Bonchev–Trinajstić information content (AvgIpc) is 3.55. The molecule has 6 rings (SSSR count). The van der Waals surface area contributed by atoms with Crippen LogP contribution in [-0.2, 0) is 23.4 Å². The largest absolute Gasteiger partial charge is 0.445 e. The number of fused-ring (bicyclic) bond motifs is 1. The van der Waals surface area contributed by atoms with Gasteiger partial charge in [0.15, 0.2) is 0 Å². The van der Waals surface area contributed by atoms with Gasteiger partial charge < -0.3 is 20.1 Å². The molecule has 1 amide bonds. The summed E-state index contributed by atoms with van der Waals surface area (Å²) in [5.41, 5.74) is 5.30. The van der Waals surface area contributed by atoms with Crippen molar-refractivity contribution in [2.45, 2.75) is 58.3 Å². The Hall–Kier alpha value is -5.27. The van der Waals surface area contributed by atoms with Crippen molar-refractivity contribution in [1.82, 2.24) is 24.3 Å². The van der Waals surface area contributed by atoms with Crippen molar-refractivity contribution in [1.29, 1.82) is 5.26 Å². The van der Waals surface area contributed by atoms with Crippen molar-refractivity contribution in [2.24, 2.45) is 5.92 Å². The Bertz CT molecular complexity index is 1890. The van der Waals surface area contributed by atoms with Crippen molar-refractivity contribution in [3.8, 4) is 17.5 Å². The van der Waals surface area contributed by atoms with Crippen LogP contribution < -0.4 is 5.32 Å². The Labute approximate surface area is 274 Å². The fraction of sp³-hybridized carbons (Fsp3) is 0.324.